The van der Waals surface area contributed by atoms with E-state index < -0.39 is 18.1 Å². The van der Waals surface area contributed by atoms with Crippen molar-refractivity contribution in [1.29, 1.82) is 0 Å². The van der Waals surface area contributed by atoms with Crippen molar-refractivity contribution in [2.45, 2.75) is 38.5 Å². The van der Waals surface area contributed by atoms with Crippen LogP contribution in [0, 0.1) is 0 Å². The monoisotopic (exact) mass is 287 g/mol. The number of rotatable bonds is 6. The van der Waals surface area contributed by atoms with E-state index in [0.717, 1.165) is 16.3 Å². The fraction of sp³-hybridized carbons (Fsp3) is 0.353. The first-order chi connectivity index (χ1) is 10.0. The molecule has 0 aliphatic carbocycles. The summed E-state index contributed by atoms with van der Waals surface area (Å²) >= 11 is 0. The standard InChI is InChI=1S/C17H21NO3/c1-3-15(17(20)21)18-11(2)16(19)14-9-8-12-6-4-5-7-13(12)10-14/h4-11,15-16,18-19H,3H2,1-2H3,(H,20,21). The fourth-order valence-electron chi connectivity index (χ4n) is 2.45. The van der Waals surface area contributed by atoms with Crippen LogP contribution < -0.4 is 5.32 Å². The average molecular weight is 287 g/mol. The molecule has 0 heterocycles. The van der Waals surface area contributed by atoms with Crippen molar-refractivity contribution in [3.05, 3.63) is 48.0 Å². The van der Waals surface area contributed by atoms with Gasteiger partial charge in [0.15, 0.2) is 0 Å². The zero-order valence-electron chi connectivity index (χ0n) is 12.3. The molecule has 0 aliphatic rings. The number of hydrogen-bond acceptors (Lipinski definition) is 3. The van der Waals surface area contributed by atoms with Gasteiger partial charge in [0.25, 0.3) is 0 Å². The van der Waals surface area contributed by atoms with Gasteiger partial charge < -0.3 is 10.2 Å². The first-order valence-electron chi connectivity index (χ1n) is 7.18. The summed E-state index contributed by atoms with van der Waals surface area (Å²) in [6.07, 6.45) is -0.271. The summed E-state index contributed by atoms with van der Waals surface area (Å²) in [7, 11) is 0. The molecule has 0 aliphatic heterocycles. The Morgan fingerprint density at radius 1 is 1.19 bits per heavy atom. The number of aliphatic hydroxyl groups excluding tert-OH is 1. The van der Waals surface area contributed by atoms with E-state index in [1.54, 1.807) is 13.8 Å². The normalized spacial score (nSPS) is 15.6. The number of hydrogen-bond donors (Lipinski definition) is 3. The summed E-state index contributed by atoms with van der Waals surface area (Å²) in [5, 5.41) is 24.6. The van der Waals surface area contributed by atoms with Crippen LogP contribution in [0.1, 0.15) is 31.9 Å². The van der Waals surface area contributed by atoms with Crippen LogP contribution in [0.2, 0.25) is 0 Å². The van der Waals surface area contributed by atoms with Crippen LogP contribution in [0.5, 0.6) is 0 Å². The maximum Gasteiger partial charge on any atom is 0.320 e. The highest BCUT2D eigenvalue weighted by molar-refractivity contribution is 5.83. The van der Waals surface area contributed by atoms with Crippen LogP contribution in [0.4, 0.5) is 0 Å². The minimum Gasteiger partial charge on any atom is -0.480 e. The van der Waals surface area contributed by atoms with Gasteiger partial charge in [0, 0.05) is 6.04 Å². The first kappa shape index (κ1) is 15.5. The highest BCUT2D eigenvalue weighted by Gasteiger charge is 2.22. The molecule has 0 saturated carbocycles. The predicted molar refractivity (Wildman–Crippen MR) is 83.2 cm³/mol. The quantitative estimate of drug-likeness (QED) is 0.764. The molecule has 4 nitrogen and oxygen atoms in total. The number of aliphatic hydroxyl groups is 1. The van der Waals surface area contributed by atoms with Crippen molar-refractivity contribution in [2.24, 2.45) is 0 Å². The molecule has 3 unspecified atom stereocenters. The minimum absolute atomic E-state index is 0.341. The third-order valence-corrected chi connectivity index (χ3v) is 3.76. The molecule has 3 N–H and O–H groups in total. The first-order valence-corrected chi connectivity index (χ1v) is 7.18. The van der Waals surface area contributed by atoms with Crippen LogP contribution in [-0.2, 0) is 4.79 Å². The molecule has 0 radical (unpaired) electrons. The Balaban J connectivity index is 2.16. The van der Waals surface area contributed by atoms with E-state index in [0.29, 0.717) is 6.42 Å². The summed E-state index contributed by atoms with van der Waals surface area (Å²) in [6.45, 7) is 3.60. The van der Waals surface area contributed by atoms with Gasteiger partial charge >= 0.3 is 5.97 Å². The van der Waals surface area contributed by atoms with Crippen molar-refractivity contribution in [1.82, 2.24) is 5.32 Å². The minimum atomic E-state index is -0.893. The molecule has 0 amide bonds. The lowest BCUT2D eigenvalue weighted by molar-refractivity contribution is -0.140. The number of benzene rings is 2. The van der Waals surface area contributed by atoms with E-state index in [-0.39, 0.29) is 6.04 Å². The summed E-state index contributed by atoms with van der Waals surface area (Å²) in [4.78, 5) is 11.1. The summed E-state index contributed by atoms with van der Waals surface area (Å²) in [5.41, 5.74) is 0.786. The zero-order valence-corrected chi connectivity index (χ0v) is 12.3. The number of aliphatic carboxylic acids is 1. The van der Waals surface area contributed by atoms with Gasteiger partial charge in [-0.3, -0.25) is 10.1 Å². The Hall–Kier alpha value is -1.91. The number of carboxylic acids is 1. The summed E-state index contributed by atoms with van der Waals surface area (Å²) in [6, 6.07) is 12.8. The van der Waals surface area contributed by atoms with Crippen molar-refractivity contribution in [3.8, 4) is 0 Å². The highest BCUT2D eigenvalue weighted by Crippen LogP contribution is 2.22. The average Bonchev–Trinajstić information content (AvgIpc) is 2.50. The molecule has 2 aromatic rings. The van der Waals surface area contributed by atoms with Crippen molar-refractivity contribution in [2.75, 3.05) is 0 Å². The van der Waals surface area contributed by atoms with Gasteiger partial charge in [0.2, 0.25) is 0 Å². The van der Waals surface area contributed by atoms with E-state index in [1.807, 2.05) is 42.5 Å². The molecule has 0 fully saturated rings. The van der Waals surface area contributed by atoms with Gasteiger partial charge in [-0.05, 0) is 35.7 Å². The van der Waals surface area contributed by atoms with Crippen molar-refractivity contribution in [3.63, 3.8) is 0 Å². The molecular formula is C17H21NO3. The van der Waals surface area contributed by atoms with Crippen LogP contribution >= 0.6 is 0 Å². The molecule has 2 aromatic carbocycles. The van der Waals surface area contributed by atoms with Gasteiger partial charge in [-0.15, -0.1) is 0 Å². The Bertz CT molecular complexity index is 626. The van der Waals surface area contributed by atoms with Gasteiger partial charge in [0.1, 0.15) is 6.04 Å². The summed E-state index contributed by atoms with van der Waals surface area (Å²) < 4.78 is 0. The smallest absolute Gasteiger partial charge is 0.320 e. The molecule has 21 heavy (non-hydrogen) atoms. The van der Waals surface area contributed by atoms with E-state index in [9.17, 15) is 9.90 Å². The van der Waals surface area contributed by atoms with Gasteiger partial charge in [-0.2, -0.15) is 0 Å². The van der Waals surface area contributed by atoms with Crippen LogP contribution in [-0.4, -0.2) is 28.3 Å². The van der Waals surface area contributed by atoms with E-state index in [4.69, 9.17) is 5.11 Å². The number of fused-ring (bicyclic) bond motifs is 1. The van der Waals surface area contributed by atoms with Crippen molar-refractivity contribution >= 4 is 16.7 Å². The third kappa shape index (κ3) is 3.60. The number of nitrogens with one attached hydrogen (secondary N) is 1. The van der Waals surface area contributed by atoms with E-state index in [1.165, 1.54) is 0 Å². The molecule has 3 atom stereocenters. The Kier molecular flexibility index (Phi) is 4.94. The second-order valence-corrected chi connectivity index (χ2v) is 5.31. The van der Waals surface area contributed by atoms with E-state index in [2.05, 4.69) is 5.32 Å². The van der Waals surface area contributed by atoms with E-state index >= 15 is 0 Å². The Morgan fingerprint density at radius 2 is 1.86 bits per heavy atom. The maximum atomic E-state index is 11.1. The molecule has 0 saturated heterocycles. The fourth-order valence-corrected chi connectivity index (χ4v) is 2.45. The van der Waals surface area contributed by atoms with Gasteiger partial charge in [0.05, 0.1) is 6.10 Å². The molecule has 112 valence electrons. The third-order valence-electron chi connectivity index (χ3n) is 3.76. The molecule has 0 bridgehead atoms. The molecule has 0 spiro atoms. The second-order valence-electron chi connectivity index (χ2n) is 5.31. The van der Waals surface area contributed by atoms with Crippen LogP contribution in [0.15, 0.2) is 42.5 Å². The maximum absolute atomic E-state index is 11.1. The predicted octanol–water partition coefficient (Wildman–Crippen LogP) is 2.71. The molecule has 4 heteroatoms. The topological polar surface area (TPSA) is 69.6 Å². The highest BCUT2D eigenvalue weighted by atomic mass is 16.4. The lowest BCUT2D eigenvalue weighted by Gasteiger charge is -2.24. The lowest BCUT2D eigenvalue weighted by atomic mass is 9.99. The molecule has 2 rings (SSSR count). The SMILES string of the molecule is CCC(NC(C)C(O)c1ccc2ccccc2c1)C(=O)O. The van der Waals surface area contributed by atoms with Gasteiger partial charge in [-0.1, -0.05) is 43.3 Å². The number of carboxylic acid groups (broad SMARTS) is 1. The number of carbonyl (C=O) groups is 1. The lowest BCUT2D eigenvalue weighted by Crippen LogP contribution is -2.44. The van der Waals surface area contributed by atoms with Gasteiger partial charge in [-0.25, -0.2) is 0 Å². The zero-order chi connectivity index (χ0) is 15.4. The molecular weight excluding hydrogens is 266 g/mol. The summed E-state index contributed by atoms with van der Waals surface area (Å²) in [5.74, 6) is -0.893. The largest absolute Gasteiger partial charge is 0.480 e. The Morgan fingerprint density at radius 3 is 2.48 bits per heavy atom. The second kappa shape index (κ2) is 6.70. The van der Waals surface area contributed by atoms with Crippen LogP contribution in [0.3, 0.4) is 0 Å². The van der Waals surface area contributed by atoms with Crippen LogP contribution in [0.25, 0.3) is 10.8 Å². The Labute approximate surface area is 124 Å². The van der Waals surface area contributed by atoms with Crippen molar-refractivity contribution < 1.29 is 15.0 Å². The molecule has 0 aromatic heterocycles.